The van der Waals surface area contributed by atoms with E-state index in [1.165, 1.54) is 0 Å². The van der Waals surface area contributed by atoms with Crippen molar-refractivity contribution in [2.75, 3.05) is 0 Å². The summed E-state index contributed by atoms with van der Waals surface area (Å²) in [7, 11) is 0. The minimum absolute atomic E-state index is 0.180. The third kappa shape index (κ3) is 5.69. The molecule has 1 aliphatic carbocycles. The number of nitrogens with one attached hydrogen (secondary N) is 1. The molecule has 0 saturated heterocycles. The molecule has 1 unspecified atom stereocenters. The van der Waals surface area contributed by atoms with Crippen LogP contribution in [0, 0.1) is 5.41 Å². The van der Waals surface area contributed by atoms with Crippen LogP contribution in [0.4, 0.5) is 13.2 Å². The van der Waals surface area contributed by atoms with E-state index >= 15 is 0 Å². The van der Waals surface area contributed by atoms with Crippen molar-refractivity contribution in [1.29, 1.82) is 0 Å². The van der Waals surface area contributed by atoms with Gasteiger partial charge in [-0.25, -0.2) is 0 Å². The molecular weight excluding hydrogens is 271 g/mol. The van der Waals surface area contributed by atoms with E-state index in [0.717, 1.165) is 12.8 Å². The minimum Gasteiger partial charge on any atom is -0.389 e. The molecule has 20 heavy (non-hydrogen) atoms. The molecule has 0 aliphatic heterocycles. The third-order valence-electron chi connectivity index (χ3n) is 3.57. The Morgan fingerprint density at radius 2 is 1.75 bits per heavy atom. The number of hydrogen-bond acceptors (Lipinski definition) is 2. The van der Waals surface area contributed by atoms with Crippen molar-refractivity contribution in [3.05, 3.63) is 0 Å². The third-order valence-corrected chi connectivity index (χ3v) is 3.57. The Bertz CT molecular complexity index is 341. The molecule has 1 aliphatic rings. The van der Waals surface area contributed by atoms with E-state index in [1.807, 2.05) is 5.32 Å². The number of carbonyl (C=O) groups is 1. The van der Waals surface area contributed by atoms with Crippen molar-refractivity contribution >= 4 is 5.91 Å². The number of alkyl halides is 3. The quantitative estimate of drug-likeness (QED) is 0.837. The van der Waals surface area contributed by atoms with E-state index in [1.54, 1.807) is 20.8 Å². The fourth-order valence-corrected chi connectivity index (χ4v) is 2.62. The first-order valence-corrected chi connectivity index (χ1v) is 7.00. The van der Waals surface area contributed by atoms with Gasteiger partial charge in [-0.15, -0.1) is 0 Å². The van der Waals surface area contributed by atoms with Gasteiger partial charge in [0.15, 0.2) is 0 Å². The van der Waals surface area contributed by atoms with Crippen LogP contribution < -0.4 is 5.32 Å². The Hall–Kier alpha value is -0.780. The second kappa shape index (κ2) is 5.92. The van der Waals surface area contributed by atoms with Crippen LogP contribution in [0.15, 0.2) is 0 Å². The number of aliphatic hydroxyl groups is 1. The zero-order chi connectivity index (χ0) is 15.6. The maximum Gasteiger partial charge on any atom is 0.408 e. The second-order valence-corrected chi connectivity index (χ2v) is 7.03. The molecule has 1 atom stereocenters. The van der Waals surface area contributed by atoms with Gasteiger partial charge in [0.25, 0.3) is 0 Å². The fourth-order valence-electron chi connectivity index (χ4n) is 2.62. The Morgan fingerprint density at radius 1 is 1.25 bits per heavy atom. The summed E-state index contributed by atoms with van der Waals surface area (Å²) in [6.07, 6.45) is -2.30. The summed E-state index contributed by atoms with van der Waals surface area (Å²) in [5.41, 5.74) is -1.67. The first-order chi connectivity index (χ1) is 8.91. The van der Waals surface area contributed by atoms with E-state index in [-0.39, 0.29) is 12.8 Å². The molecular formula is C14H24F3NO2. The van der Waals surface area contributed by atoms with E-state index in [2.05, 4.69) is 0 Å². The van der Waals surface area contributed by atoms with E-state index in [4.69, 9.17) is 0 Å². The van der Waals surface area contributed by atoms with E-state index in [9.17, 15) is 23.1 Å². The van der Waals surface area contributed by atoms with Crippen LogP contribution in [-0.4, -0.2) is 28.8 Å². The summed E-state index contributed by atoms with van der Waals surface area (Å²) in [5.74, 6) is -0.721. The summed E-state index contributed by atoms with van der Waals surface area (Å²) in [6.45, 7) is 5.09. The molecule has 6 heteroatoms. The molecule has 1 amide bonds. The standard InChI is InChI=1S/C14H24F3NO2/c1-12(2,3)8-10(14(15,16)17)18-11(19)9-13(20)6-4-5-7-13/h10,20H,4-9H2,1-3H3,(H,18,19). The van der Waals surface area contributed by atoms with Crippen molar-refractivity contribution in [2.24, 2.45) is 5.41 Å². The summed E-state index contributed by atoms with van der Waals surface area (Å²) in [6, 6.07) is -1.86. The highest BCUT2D eigenvalue weighted by atomic mass is 19.4. The van der Waals surface area contributed by atoms with Crippen molar-refractivity contribution in [1.82, 2.24) is 5.32 Å². The smallest absolute Gasteiger partial charge is 0.389 e. The molecule has 0 aromatic rings. The lowest BCUT2D eigenvalue weighted by Gasteiger charge is -2.30. The molecule has 118 valence electrons. The molecule has 0 bridgehead atoms. The second-order valence-electron chi connectivity index (χ2n) is 7.03. The van der Waals surface area contributed by atoms with Crippen LogP contribution in [0.1, 0.15) is 59.3 Å². The van der Waals surface area contributed by atoms with Crippen LogP contribution in [0.2, 0.25) is 0 Å². The molecule has 0 spiro atoms. The Labute approximate surface area is 117 Å². The van der Waals surface area contributed by atoms with Gasteiger partial charge >= 0.3 is 6.18 Å². The average molecular weight is 295 g/mol. The Kier molecular flexibility index (Phi) is 5.11. The van der Waals surface area contributed by atoms with Crippen LogP contribution in [0.25, 0.3) is 0 Å². The van der Waals surface area contributed by atoms with E-state index < -0.39 is 29.1 Å². The molecule has 1 saturated carbocycles. The first-order valence-electron chi connectivity index (χ1n) is 7.00. The zero-order valence-electron chi connectivity index (χ0n) is 12.3. The van der Waals surface area contributed by atoms with Gasteiger partial charge in [-0.05, 0) is 24.7 Å². The lowest BCUT2D eigenvalue weighted by molar-refractivity contribution is -0.168. The molecule has 2 N–H and O–H groups in total. The molecule has 3 nitrogen and oxygen atoms in total. The lowest BCUT2D eigenvalue weighted by Crippen LogP contribution is -2.49. The Balaban J connectivity index is 2.63. The van der Waals surface area contributed by atoms with Gasteiger partial charge in [-0.3, -0.25) is 4.79 Å². The Morgan fingerprint density at radius 3 is 2.15 bits per heavy atom. The van der Waals surface area contributed by atoms with Crippen molar-refractivity contribution in [2.45, 2.75) is 77.1 Å². The monoisotopic (exact) mass is 295 g/mol. The van der Waals surface area contributed by atoms with Gasteiger partial charge in [0.05, 0.1) is 12.0 Å². The molecule has 0 aromatic heterocycles. The van der Waals surface area contributed by atoms with E-state index in [0.29, 0.717) is 12.8 Å². The average Bonchev–Trinajstić information content (AvgIpc) is 2.59. The van der Waals surface area contributed by atoms with Crippen LogP contribution in [0.3, 0.4) is 0 Å². The number of carbonyl (C=O) groups excluding carboxylic acids is 1. The highest BCUT2D eigenvalue weighted by Gasteiger charge is 2.43. The molecule has 1 fully saturated rings. The molecule has 0 radical (unpaired) electrons. The van der Waals surface area contributed by atoms with Gasteiger partial charge in [-0.1, -0.05) is 33.6 Å². The van der Waals surface area contributed by atoms with Gasteiger partial charge < -0.3 is 10.4 Å². The topological polar surface area (TPSA) is 49.3 Å². The normalized spacial score (nSPS) is 20.8. The predicted molar refractivity (Wildman–Crippen MR) is 70.1 cm³/mol. The number of rotatable bonds is 4. The maximum atomic E-state index is 12.9. The van der Waals surface area contributed by atoms with Gasteiger partial charge in [0.2, 0.25) is 5.91 Å². The van der Waals surface area contributed by atoms with Gasteiger partial charge in [0, 0.05) is 0 Å². The number of halogens is 3. The molecule has 1 rings (SSSR count). The summed E-state index contributed by atoms with van der Waals surface area (Å²) in [4.78, 5) is 11.8. The minimum atomic E-state index is -4.47. The maximum absolute atomic E-state index is 12.9. The number of amides is 1. The van der Waals surface area contributed by atoms with Crippen LogP contribution >= 0.6 is 0 Å². The van der Waals surface area contributed by atoms with Gasteiger partial charge in [0.1, 0.15) is 6.04 Å². The van der Waals surface area contributed by atoms with Gasteiger partial charge in [-0.2, -0.15) is 13.2 Å². The molecule has 0 heterocycles. The first kappa shape index (κ1) is 17.3. The lowest BCUT2D eigenvalue weighted by atomic mass is 9.87. The van der Waals surface area contributed by atoms with Crippen molar-refractivity contribution in [3.63, 3.8) is 0 Å². The summed E-state index contributed by atoms with van der Waals surface area (Å²) < 4.78 is 38.8. The van der Waals surface area contributed by atoms with Crippen LogP contribution in [0.5, 0.6) is 0 Å². The number of hydrogen-bond donors (Lipinski definition) is 2. The summed E-state index contributed by atoms with van der Waals surface area (Å²) in [5, 5.41) is 12.1. The van der Waals surface area contributed by atoms with Crippen molar-refractivity contribution in [3.8, 4) is 0 Å². The highest BCUT2D eigenvalue weighted by molar-refractivity contribution is 5.77. The largest absolute Gasteiger partial charge is 0.408 e. The predicted octanol–water partition coefficient (Wildman–Crippen LogP) is 3.16. The molecule has 0 aromatic carbocycles. The SMILES string of the molecule is CC(C)(C)CC(NC(=O)CC1(O)CCCC1)C(F)(F)F. The summed E-state index contributed by atoms with van der Waals surface area (Å²) >= 11 is 0. The van der Waals surface area contributed by atoms with Crippen molar-refractivity contribution < 1.29 is 23.1 Å². The van der Waals surface area contributed by atoms with Crippen LogP contribution in [-0.2, 0) is 4.79 Å². The zero-order valence-corrected chi connectivity index (χ0v) is 12.3. The highest BCUT2D eigenvalue weighted by Crippen LogP contribution is 2.34. The fraction of sp³-hybridized carbons (Fsp3) is 0.929.